The predicted molar refractivity (Wildman–Crippen MR) is 123 cm³/mol. The molecular weight excluding hydrogens is 356 g/mol. The second-order valence-electron chi connectivity index (χ2n) is 8.31. The molecule has 0 saturated heterocycles. The number of aryl methyl sites for hydroxylation is 1. The maximum Gasteiger partial charge on any atom is 0.150 e. The van der Waals surface area contributed by atoms with Crippen molar-refractivity contribution in [3.8, 4) is 11.1 Å². The van der Waals surface area contributed by atoms with Crippen LogP contribution < -0.4 is 9.80 Å². The van der Waals surface area contributed by atoms with Crippen LogP contribution in [0.2, 0.25) is 0 Å². The first-order valence-electron chi connectivity index (χ1n) is 10.3. The molecule has 0 radical (unpaired) electrons. The van der Waals surface area contributed by atoms with Crippen molar-refractivity contribution >= 4 is 29.0 Å². The van der Waals surface area contributed by atoms with Crippen LogP contribution in [0.4, 0.5) is 22.7 Å². The normalized spacial score (nSPS) is 12.9. The number of hydrogen-bond acceptors (Lipinski definition) is 3. The van der Waals surface area contributed by atoms with E-state index in [4.69, 9.17) is 0 Å². The Labute approximate surface area is 173 Å². The molecular formula is C26H28N2O. The Morgan fingerprint density at radius 3 is 1.86 bits per heavy atom. The third kappa shape index (κ3) is 3.21. The number of hydrogen-bond donors (Lipinski definition) is 0. The number of anilines is 4. The van der Waals surface area contributed by atoms with Gasteiger partial charge in [0.05, 0.1) is 22.7 Å². The van der Waals surface area contributed by atoms with Crippen LogP contribution in [0, 0.1) is 6.92 Å². The Morgan fingerprint density at radius 2 is 1.31 bits per heavy atom. The summed E-state index contributed by atoms with van der Waals surface area (Å²) in [4.78, 5) is 16.0. The minimum absolute atomic E-state index is 0.331. The van der Waals surface area contributed by atoms with Crippen molar-refractivity contribution in [1.29, 1.82) is 0 Å². The van der Waals surface area contributed by atoms with Gasteiger partial charge >= 0.3 is 0 Å². The van der Waals surface area contributed by atoms with E-state index in [9.17, 15) is 4.79 Å². The average molecular weight is 385 g/mol. The van der Waals surface area contributed by atoms with E-state index in [-0.39, 0.29) is 0 Å². The van der Waals surface area contributed by atoms with E-state index in [1.165, 1.54) is 28.3 Å². The summed E-state index contributed by atoms with van der Waals surface area (Å²) in [5.74, 6) is 0. The van der Waals surface area contributed by atoms with Gasteiger partial charge in [-0.25, -0.2) is 0 Å². The van der Waals surface area contributed by atoms with Gasteiger partial charge in [-0.05, 0) is 81.6 Å². The third-order valence-corrected chi connectivity index (χ3v) is 5.63. The van der Waals surface area contributed by atoms with Gasteiger partial charge in [0.1, 0.15) is 6.29 Å². The second kappa shape index (κ2) is 7.40. The van der Waals surface area contributed by atoms with Crippen LogP contribution in [0.15, 0.2) is 60.7 Å². The molecule has 3 aromatic rings. The van der Waals surface area contributed by atoms with Crippen LogP contribution >= 0.6 is 0 Å². The van der Waals surface area contributed by atoms with Crippen LogP contribution in [0.1, 0.15) is 43.6 Å². The van der Waals surface area contributed by atoms with Crippen molar-refractivity contribution in [2.24, 2.45) is 0 Å². The van der Waals surface area contributed by atoms with Crippen LogP contribution in [-0.2, 0) is 0 Å². The maximum absolute atomic E-state index is 11.1. The summed E-state index contributed by atoms with van der Waals surface area (Å²) in [7, 11) is 0. The number of aldehydes is 1. The highest BCUT2D eigenvalue weighted by Gasteiger charge is 2.31. The Kier molecular flexibility index (Phi) is 4.91. The van der Waals surface area contributed by atoms with E-state index in [1.807, 2.05) is 12.1 Å². The summed E-state index contributed by atoms with van der Waals surface area (Å²) in [5, 5.41) is 0. The molecule has 0 fully saturated rings. The second-order valence-corrected chi connectivity index (χ2v) is 8.31. The lowest BCUT2D eigenvalue weighted by Gasteiger charge is -2.44. The Bertz CT molecular complexity index is 1070. The molecule has 3 aromatic carbocycles. The zero-order chi connectivity index (χ0) is 20.7. The third-order valence-electron chi connectivity index (χ3n) is 5.63. The van der Waals surface area contributed by atoms with Gasteiger partial charge in [0.15, 0.2) is 0 Å². The van der Waals surface area contributed by atoms with Crippen molar-refractivity contribution in [2.45, 2.75) is 46.7 Å². The molecule has 0 aliphatic carbocycles. The SMILES string of the molecule is Cc1cc(C=O)ccc1-c1ccc2c(c1)N(C(C)C)c1ccccc1N2C(C)C. The summed E-state index contributed by atoms with van der Waals surface area (Å²) in [6, 6.07) is 22.0. The highest BCUT2D eigenvalue weighted by atomic mass is 16.1. The number of fused-ring (bicyclic) bond motifs is 2. The summed E-state index contributed by atoms with van der Waals surface area (Å²) < 4.78 is 0. The van der Waals surface area contributed by atoms with Crippen molar-refractivity contribution < 1.29 is 4.79 Å². The van der Waals surface area contributed by atoms with E-state index < -0.39 is 0 Å². The van der Waals surface area contributed by atoms with Gasteiger partial charge in [0.2, 0.25) is 0 Å². The molecule has 0 bridgehead atoms. The molecule has 148 valence electrons. The minimum atomic E-state index is 0.331. The Balaban J connectivity index is 1.93. The molecule has 3 heteroatoms. The molecule has 0 spiro atoms. The van der Waals surface area contributed by atoms with E-state index >= 15 is 0 Å². The molecule has 0 amide bonds. The quantitative estimate of drug-likeness (QED) is 0.458. The van der Waals surface area contributed by atoms with Crippen LogP contribution in [0.5, 0.6) is 0 Å². The highest BCUT2D eigenvalue weighted by Crippen LogP contribution is 2.50. The number of para-hydroxylation sites is 2. The summed E-state index contributed by atoms with van der Waals surface area (Å²) >= 11 is 0. The largest absolute Gasteiger partial charge is 0.336 e. The first-order valence-corrected chi connectivity index (χ1v) is 10.3. The number of benzene rings is 3. The molecule has 1 heterocycles. The van der Waals surface area contributed by atoms with Gasteiger partial charge in [-0.2, -0.15) is 0 Å². The van der Waals surface area contributed by atoms with Crippen molar-refractivity contribution in [2.75, 3.05) is 9.80 Å². The Morgan fingerprint density at radius 1 is 0.724 bits per heavy atom. The van der Waals surface area contributed by atoms with Gasteiger partial charge < -0.3 is 9.80 Å². The molecule has 4 rings (SSSR count). The summed E-state index contributed by atoms with van der Waals surface area (Å²) in [6.45, 7) is 11.0. The number of rotatable bonds is 4. The first kappa shape index (κ1) is 19.3. The molecule has 1 aliphatic heterocycles. The first-order chi connectivity index (χ1) is 13.9. The van der Waals surface area contributed by atoms with Gasteiger partial charge in [-0.1, -0.05) is 30.3 Å². The minimum Gasteiger partial charge on any atom is -0.336 e. The maximum atomic E-state index is 11.1. The topological polar surface area (TPSA) is 23.6 Å². The predicted octanol–water partition coefficient (Wildman–Crippen LogP) is 6.88. The Hall–Kier alpha value is -3.07. The lowest BCUT2D eigenvalue weighted by atomic mass is 9.95. The van der Waals surface area contributed by atoms with Crippen LogP contribution in [0.25, 0.3) is 11.1 Å². The van der Waals surface area contributed by atoms with Gasteiger partial charge in [0, 0.05) is 17.6 Å². The number of carbonyl (C=O) groups is 1. The van der Waals surface area contributed by atoms with E-state index in [0.717, 1.165) is 17.4 Å². The van der Waals surface area contributed by atoms with E-state index in [1.54, 1.807) is 0 Å². The monoisotopic (exact) mass is 384 g/mol. The standard InChI is InChI=1S/C26H28N2O/c1-17(2)27-23-8-6-7-9-24(23)28(18(3)4)26-15-21(11-13-25(26)27)22-12-10-20(16-29)14-19(22)5/h6-18H,1-5H3. The van der Waals surface area contributed by atoms with Gasteiger partial charge in [-0.3, -0.25) is 4.79 Å². The highest BCUT2D eigenvalue weighted by molar-refractivity contribution is 5.95. The zero-order valence-corrected chi connectivity index (χ0v) is 17.8. The molecule has 0 saturated carbocycles. The number of nitrogens with zero attached hydrogens (tertiary/aromatic N) is 2. The average Bonchev–Trinajstić information content (AvgIpc) is 2.70. The fourth-order valence-corrected chi connectivity index (χ4v) is 4.42. The smallest absolute Gasteiger partial charge is 0.150 e. The van der Waals surface area contributed by atoms with Crippen LogP contribution in [-0.4, -0.2) is 18.4 Å². The lowest BCUT2D eigenvalue weighted by molar-refractivity contribution is 0.112. The fraction of sp³-hybridized carbons (Fsp3) is 0.269. The van der Waals surface area contributed by atoms with E-state index in [2.05, 4.69) is 92.9 Å². The molecule has 1 aliphatic rings. The molecule has 0 N–H and O–H groups in total. The lowest BCUT2D eigenvalue weighted by Crippen LogP contribution is -2.36. The van der Waals surface area contributed by atoms with E-state index in [0.29, 0.717) is 17.6 Å². The van der Waals surface area contributed by atoms with Crippen molar-refractivity contribution in [1.82, 2.24) is 0 Å². The molecule has 0 unspecified atom stereocenters. The zero-order valence-electron chi connectivity index (χ0n) is 17.8. The van der Waals surface area contributed by atoms with Gasteiger partial charge in [-0.15, -0.1) is 0 Å². The molecule has 29 heavy (non-hydrogen) atoms. The summed E-state index contributed by atoms with van der Waals surface area (Å²) in [6.07, 6.45) is 0.904. The molecule has 0 aromatic heterocycles. The fourth-order valence-electron chi connectivity index (χ4n) is 4.42. The summed E-state index contributed by atoms with van der Waals surface area (Å²) in [5.41, 5.74) is 9.12. The van der Waals surface area contributed by atoms with Crippen molar-refractivity contribution in [3.05, 3.63) is 71.8 Å². The van der Waals surface area contributed by atoms with Crippen molar-refractivity contribution in [3.63, 3.8) is 0 Å². The molecule has 3 nitrogen and oxygen atoms in total. The van der Waals surface area contributed by atoms with Crippen LogP contribution in [0.3, 0.4) is 0 Å². The number of carbonyl (C=O) groups excluding carboxylic acids is 1. The van der Waals surface area contributed by atoms with Gasteiger partial charge in [0.25, 0.3) is 0 Å². The molecule has 0 atom stereocenters.